The van der Waals surface area contributed by atoms with Gasteiger partial charge in [-0.3, -0.25) is 4.79 Å². The van der Waals surface area contributed by atoms with Gasteiger partial charge in [0.05, 0.1) is 20.3 Å². The fourth-order valence-electron chi connectivity index (χ4n) is 2.53. The van der Waals surface area contributed by atoms with Crippen LogP contribution in [0.5, 0.6) is 17.2 Å². The fraction of sp³-hybridized carbons (Fsp3) is 0.350. The van der Waals surface area contributed by atoms with Crippen LogP contribution in [0.15, 0.2) is 36.4 Å². The van der Waals surface area contributed by atoms with Gasteiger partial charge < -0.3 is 19.5 Å². The number of rotatable bonds is 7. The highest BCUT2D eigenvalue weighted by atomic mass is 35.5. The molecule has 0 heterocycles. The summed E-state index contributed by atoms with van der Waals surface area (Å²) in [7, 11) is 3.16. The summed E-state index contributed by atoms with van der Waals surface area (Å²) in [5.41, 5.74) is 1.79. The van der Waals surface area contributed by atoms with Crippen molar-refractivity contribution in [3.8, 4) is 17.2 Å². The van der Waals surface area contributed by atoms with Gasteiger partial charge in [-0.15, -0.1) is 0 Å². The maximum atomic E-state index is 12.5. The Bertz CT molecular complexity index is 778. The molecule has 2 atom stereocenters. The lowest BCUT2D eigenvalue weighted by Gasteiger charge is -2.20. The van der Waals surface area contributed by atoms with E-state index in [4.69, 9.17) is 25.8 Å². The Labute approximate surface area is 159 Å². The van der Waals surface area contributed by atoms with E-state index in [1.807, 2.05) is 32.0 Å². The number of hydrogen-bond acceptors (Lipinski definition) is 4. The third-order valence-electron chi connectivity index (χ3n) is 4.08. The van der Waals surface area contributed by atoms with Crippen LogP contribution in [0.2, 0.25) is 5.02 Å². The lowest BCUT2D eigenvalue weighted by atomic mass is 10.1. The monoisotopic (exact) mass is 377 g/mol. The van der Waals surface area contributed by atoms with Crippen molar-refractivity contribution in [3.05, 3.63) is 52.5 Å². The second-order valence-electron chi connectivity index (χ2n) is 6.01. The quantitative estimate of drug-likeness (QED) is 0.781. The van der Waals surface area contributed by atoms with Crippen LogP contribution in [0.1, 0.15) is 31.0 Å². The average molecular weight is 378 g/mol. The molecule has 140 valence electrons. The fourth-order valence-corrected chi connectivity index (χ4v) is 2.75. The Morgan fingerprint density at radius 2 is 1.65 bits per heavy atom. The third-order valence-corrected chi connectivity index (χ3v) is 4.31. The molecule has 0 radical (unpaired) electrons. The first-order chi connectivity index (χ1) is 12.3. The van der Waals surface area contributed by atoms with E-state index in [1.54, 1.807) is 39.3 Å². The number of nitrogens with one attached hydrogen (secondary N) is 1. The van der Waals surface area contributed by atoms with Gasteiger partial charge in [-0.2, -0.15) is 0 Å². The van der Waals surface area contributed by atoms with E-state index >= 15 is 0 Å². The maximum absolute atomic E-state index is 12.5. The molecule has 2 aromatic carbocycles. The molecule has 5 nitrogen and oxygen atoms in total. The number of methoxy groups -OCH3 is 2. The minimum absolute atomic E-state index is 0.207. The standard InChI is InChI=1S/C20H24ClNO4/c1-12-10-16(21)7-9-17(12)26-14(3)20(23)22-13(2)15-6-8-18(24-4)19(11-15)25-5/h6-11,13-14H,1-5H3,(H,22,23). The minimum Gasteiger partial charge on any atom is -0.493 e. The molecule has 0 aliphatic heterocycles. The van der Waals surface area contributed by atoms with Gasteiger partial charge in [0, 0.05) is 5.02 Å². The number of ether oxygens (including phenoxy) is 3. The molecule has 0 aliphatic rings. The number of halogens is 1. The summed E-state index contributed by atoms with van der Waals surface area (Å²) in [4.78, 5) is 12.5. The van der Waals surface area contributed by atoms with E-state index in [9.17, 15) is 4.79 Å². The second kappa shape index (κ2) is 8.81. The predicted octanol–water partition coefficient (Wildman–Crippen LogP) is 4.31. The lowest BCUT2D eigenvalue weighted by Crippen LogP contribution is -2.37. The largest absolute Gasteiger partial charge is 0.493 e. The minimum atomic E-state index is -0.641. The zero-order valence-corrected chi connectivity index (χ0v) is 16.4. The van der Waals surface area contributed by atoms with Crippen molar-refractivity contribution in [3.63, 3.8) is 0 Å². The van der Waals surface area contributed by atoms with Crippen molar-refractivity contribution in [2.75, 3.05) is 14.2 Å². The molecule has 2 rings (SSSR count). The smallest absolute Gasteiger partial charge is 0.261 e. The van der Waals surface area contributed by atoms with Crippen LogP contribution in [0, 0.1) is 6.92 Å². The highest BCUT2D eigenvalue weighted by molar-refractivity contribution is 6.30. The first kappa shape index (κ1) is 19.9. The Balaban J connectivity index is 2.03. The van der Waals surface area contributed by atoms with E-state index < -0.39 is 6.10 Å². The van der Waals surface area contributed by atoms with E-state index in [-0.39, 0.29) is 11.9 Å². The molecule has 0 aliphatic carbocycles. The van der Waals surface area contributed by atoms with Gasteiger partial charge in [0.25, 0.3) is 5.91 Å². The molecule has 0 aromatic heterocycles. The summed E-state index contributed by atoms with van der Waals surface area (Å²) >= 11 is 5.95. The van der Waals surface area contributed by atoms with Gasteiger partial charge in [-0.05, 0) is 62.2 Å². The third kappa shape index (κ3) is 4.82. The molecule has 0 saturated carbocycles. The van der Waals surface area contributed by atoms with E-state index in [1.165, 1.54) is 0 Å². The van der Waals surface area contributed by atoms with Crippen LogP contribution in [-0.4, -0.2) is 26.2 Å². The van der Waals surface area contributed by atoms with Crippen LogP contribution in [-0.2, 0) is 4.79 Å². The highest BCUT2D eigenvalue weighted by Gasteiger charge is 2.19. The molecule has 1 amide bonds. The molecule has 1 N–H and O–H groups in total. The van der Waals surface area contributed by atoms with Crippen molar-refractivity contribution in [1.29, 1.82) is 0 Å². The molecule has 26 heavy (non-hydrogen) atoms. The molecule has 0 bridgehead atoms. The Hall–Kier alpha value is -2.40. The van der Waals surface area contributed by atoms with Gasteiger partial charge >= 0.3 is 0 Å². The van der Waals surface area contributed by atoms with E-state index in [0.29, 0.717) is 22.3 Å². The number of benzene rings is 2. The van der Waals surface area contributed by atoms with Gasteiger partial charge in [-0.1, -0.05) is 17.7 Å². The Kier molecular flexibility index (Phi) is 6.75. The summed E-state index contributed by atoms with van der Waals surface area (Å²) < 4.78 is 16.3. The van der Waals surface area contributed by atoms with E-state index in [2.05, 4.69) is 5.32 Å². The van der Waals surface area contributed by atoms with Gasteiger partial charge in [0.1, 0.15) is 5.75 Å². The lowest BCUT2D eigenvalue weighted by molar-refractivity contribution is -0.127. The summed E-state index contributed by atoms with van der Waals surface area (Å²) in [6.45, 7) is 5.50. The van der Waals surface area contributed by atoms with Crippen LogP contribution in [0.3, 0.4) is 0 Å². The zero-order valence-electron chi connectivity index (χ0n) is 15.6. The van der Waals surface area contributed by atoms with Crippen molar-refractivity contribution >= 4 is 17.5 Å². The second-order valence-corrected chi connectivity index (χ2v) is 6.45. The van der Waals surface area contributed by atoms with Crippen LogP contribution in [0.4, 0.5) is 0 Å². The molecule has 0 spiro atoms. The number of carbonyl (C=O) groups excluding carboxylic acids is 1. The molecule has 0 fully saturated rings. The summed E-state index contributed by atoms with van der Waals surface area (Å²) in [6, 6.07) is 10.6. The number of amides is 1. The average Bonchev–Trinajstić information content (AvgIpc) is 2.63. The number of hydrogen-bond donors (Lipinski definition) is 1. The zero-order chi connectivity index (χ0) is 19.3. The van der Waals surface area contributed by atoms with E-state index in [0.717, 1.165) is 11.1 Å². The first-order valence-electron chi connectivity index (χ1n) is 8.30. The van der Waals surface area contributed by atoms with Crippen molar-refractivity contribution in [1.82, 2.24) is 5.32 Å². The summed E-state index contributed by atoms with van der Waals surface area (Å²) in [6.07, 6.45) is -0.641. The molecular weight excluding hydrogens is 354 g/mol. The van der Waals surface area contributed by atoms with Gasteiger partial charge in [-0.25, -0.2) is 0 Å². The topological polar surface area (TPSA) is 56.8 Å². The molecule has 2 aromatic rings. The normalized spacial score (nSPS) is 12.8. The highest BCUT2D eigenvalue weighted by Crippen LogP contribution is 2.30. The number of aryl methyl sites for hydroxylation is 1. The van der Waals surface area contributed by atoms with Crippen LogP contribution in [0.25, 0.3) is 0 Å². The van der Waals surface area contributed by atoms with Crippen molar-refractivity contribution in [2.24, 2.45) is 0 Å². The first-order valence-corrected chi connectivity index (χ1v) is 8.68. The van der Waals surface area contributed by atoms with Crippen molar-refractivity contribution < 1.29 is 19.0 Å². The molecular formula is C20H24ClNO4. The Morgan fingerprint density at radius 1 is 1.00 bits per heavy atom. The van der Waals surface area contributed by atoms with Gasteiger partial charge in [0.15, 0.2) is 17.6 Å². The SMILES string of the molecule is COc1ccc(C(C)NC(=O)C(C)Oc2ccc(Cl)cc2C)cc1OC. The van der Waals surface area contributed by atoms with Crippen LogP contribution < -0.4 is 19.5 Å². The Morgan fingerprint density at radius 3 is 2.27 bits per heavy atom. The van der Waals surface area contributed by atoms with Gasteiger partial charge in [0.2, 0.25) is 0 Å². The van der Waals surface area contributed by atoms with Crippen molar-refractivity contribution in [2.45, 2.75) is 32.9 Å². The maximum Gasteiger partial charge on any atom is 0.261 e. The molecule has 0 saturated heterocycles. The summed E-state index contributed by atoms with van der Waals surface area (Å²) in [5.74, 6) is 1.69. The molecule has 6 heteroatoms. The summed E-state index contributed by atoms with van der Waals surface area (Å²) in [5, 5.41) is 3.58. The molecule has 2 unspecified atom stereocenters. The predicted molar refractivity (Wildman–Crippen MR) is 102 cm³/mol. The number of carbonyl (C=O) groups is 1. The van der Waals surface area contributed by atoms with Crippen LogP contribution >= 0.6 is 11.6 Å².